The molecular formula is C25H19NO5S2. The molecule has 1 amide bonds. The molecule has 166 valence electrons. The van der Waals surface area contributed by atoms with Crippen LogP contribution in [-0.4, -0.2) is 29.9 Å². The molecule has 3 aromatic carbocycles. The summed E-state index contributed by atoms with van der Waals surface area (Å²) in [6, 6.07) is 23.2. The molecule has 0 aromatic heterocycles. The summed E-state index contributed by atoms with van der Waals surface area (Å²) in [4.78, 5) is 27.0. The van der Waals surface area contributed by atoms with E-state index in [1.54, 1.807) is 48.5 Å². The van der Waals surface area contributed by atoms with Crippen LogP contribution in [-0.2, 0) is 9.59 Å². The zero-order valence-electron chi connectivity index (χ0n) is 17.6. The number of rotatable bonds is 7. The lowest BCUT2D eigenvalue weighted by molar-refractivity contribution is -0.136. The van der Waals surface area contributed by atoms with Crippen LogP contribution in [0.2, 0.25) is 0 Å². The number of carbonyl (C=O) groups is 2. The van der Waals surface area contributed by atoms with Crippen LogP contribution in [0.1, 0.15) is 5.56 Å². The maximum absolute atomic E-state index is 12.9. The maximum Gasteiger partial charge on any atom is 0.349 e. The van der Waals surface area contributed by atoms with Crippen LogP contribution in [0.25, 0.3) is 6.08 Å². The minimum atomic E-state index is -0.531. The van der Waals surface area contributed by atoms with Crippen molar-refractivity contribution in [3.8, 4) is 17.2 Å². The topological polar surface area (TPSA) is 65.1 Å². The van der Waals surface area contributed by atoms with Crippen molar-refractivity contribution in [3.05, 3.63) is 89.3 Å². The lowest BCUT2D eigenvalue weighted by Crippen LogP contribution is -2.27. The molecule has 0 N–H and O–H groups in total. The molecule has 33 heavy (non-hydrogen) atoms. The van der Waals surface area contributed by atoms with E-state index in [-0.39, 0.29) is 12.5 Å². The van der Waals surface area contributed by atoms with E-state index in [1.807, 2.05) is 36.4 Å². The fraction of sp³-hybridized carbons (Fsp3) is 0.0800. The quantitative estimate of drug-likeness (QED) is 0.203. The molecule has 0 aliphatic carbocycles. The number of thioether (sulfide) groups is 1. The number of ether oxygens (including phenoxy) is 3. The highest BCUT2D eigenvalue weighted by molar-refractivity contribution is 8.27. The van der Waals surface area contributed by atoms with E-state index in [4.69, 9.17) is 26.4 Å². The van der Waals surface area contributed by atoms with Gasteiger partial charge in [0.15, 0.2) is 22.4 Å². The van der Waals surface area contributed by atoms with E-state index >= 15 is 0 Å². The standard InChI is InChI=1S/C25H19NO5S2/c1-29-21-14-17(12-13-20(21)30-16-23(27)31-19-10-6-3-7-11-19)15-22-24(28)26(25(32)33-22)18-8-4-2-5-9-18/h2-15H,16H2,1H3. The Kier molecular flexibility index (Phi) is 7.07. The molecule has 6 nitrogen and oxygen atoms in total. The largest absolute Gasteiger partial charge is 0.493 e. The van der Waals surface area contributed by atoms with Crippen LogP contribution in [0.15, 0.2) is 83.8 Å². The SMILES string of the molecule is COc1cc(C=C2SC(=S)N(c3ccccc3)C2=O)ccc1OCC(=O)Oc1ccccc1. The third kappa shape index (κ3) is 5.42. The molecule has 0 bridgehead atoms. The number of hydrogen-bond acceptors (Lipinski definition) is 7. The van der Waals surface area contributed by atoms with Gasteiger partial charge in [-0.05, 0) is 48.0 Å². The van der Waals surface area contributed by atoms with E-state index in [0.717, 1.165) is 11.3 Å². The van der Waals surface area contributed by atoms with Crippen molar-refractivity contribution in [2.45, 2.75) is 0 Å². The van der Waals surface area contributed by atoms with E-state index in [9.17, 15) is 9.59 Å². The summed E-state index contributed by atoms with van der Waals surface area (Å²) in [5.74, 6) is 0.545. The minimum absolute atomic E-state index is 0.181. The summed E-state index contributed by atoms with van der Waals surface area (Å²) in [5.41, 5.74) is 1.46. The lowest BCUT2D eigenvalue weighted by atomic mass is 10.2. The van der Waals surface area contributed by atoms with E-state index < -0.39 is 5.97 Å². The summed E-state index contributed by atoms with van der Waals surface area (Å²) in [7, 11) is 1.50. The molecule has 1 aliphatic rings. The van der Waals surface area contributed by atoms with Crippen molar-refractivity contribution < 1.29 is 23.8 Å². The highest BCUT2D eigenvalue weighted by Crippen LogP contribution is 2.37. The molecule has 3 aromatic rings. The molecule has 1 aliphatic heterocycles. The molecular weight excluding hydrogens is 458 g/mol. The van der Waals surface area contributed by atoms with Gasteiger partial charge in [0.25, 0.3) is 5.91 Å². The second-order valence-corrected chi connectivity index (χ2v) is 8.51. The first-order valence-electron chi connectivity index (χ1n) is 9.95. The molecule has 1 saturated heterocycles. The second kappa shape index (κ2) is 10.3. The Morgan fingerprint density at radius 1 is 1.00 bits per heavy atom. The Morgan fingerprint density at radius 3 is 2.39 bits per heavy atom. The Labute approximate surface area is 200 Å². The monoisotopic (exact) mass is 477 g/mol. The molecule has 0 unspecified atom stereocenters. The van der Waals surface area contributed by atoms with Gasteiger partial charge in [0.2, 0.25) is 0 Å². The summed E-state index contributed by atoms with van der Waals surface area (Å²) in [6.45, 7) is -0.277. The van der Waals surface area contributed by atoms with Crippen LogP contribution in [0.5, 0.6) is 17.2 Å². The van der Waals surface area contributed by atoms with Gasteiger partial charge < -0.3 is 14.2 Å². The number of para-hydroxylation sites is 2. The maximum atomic E-state index is 12.9. The van der Waals surface area contributed by atoms with Gasteiger partial charge in [-0.2, -0.15) is 0 Å². The van der Waals surface area contributed by atoms with E-state index in [1.165, 1.54) is 23.8 Å². The van der Waals surface area contributed by atoms with Crippen molar-refractivity contribution in [1.29, 1.82) is 0 Å². The fourth-order valence-corrected chi connectivity index (χ4v) is 4.40. The number of esters is 1. The predicted molar refractivity (Wildman–Crippen MR) is 133 cm³/mol. The number of anilines is 1. The number of hydrogen-bond donors (Lipinski definition) is 0. The molecule has 8 heteroatoms. The molecule has 1 fully saturated rings. The first kappa shape index (κ1) is 22.6. The number of nitrogens with zero attached hydrogens (tertiary/aromatic N) is 1. The van der Waals surface area contributed by atoms with Gasteiger partial charge >= 0.3 is 5.97 Å². The van der Waals surface area contributed by atoms with Crippen molar-refractivity contribution in [2.24, 2.45) is 0 Å². The Balaban J connectivity index is 1.45. The van der Waals surface area contributed by atoms with Crippen LogP contribution >= 0.6 is 24.0 Å². The summed E-state index contributed by atoms with van der Waals surface area (Å²) in [6.07, 6.45) is 1.75. The number of thiocarbonyl (C=S) groups is 1. The third-order valence-corrected chi connectivity index (χ3v) is 5.92. The highest BCUT2D eigenvalue weighted by Gasteiger charge is 2.33. The summed E-state index contributed by atoms with van der Waals surface area (Å²) < 4.78 is 16.7. The van der Waals surface area contributed by atoms with Crippen LogP contribution in [0.3, 0.4) is 0 Å². The van der Waals surface area contributed by atoms with Gasteiger partial charge in [-0.25, -0.2) is 4.79 Å². The smallest absolute Gasteiger partial charge is 0.349 e. The zero-order valence-corrected chi connectivity index (χ0v) is 19.2. The highest BCUT2D eigenvalue weighted by atomic mass is 32.2. The second-order valence-electron chi connectivity index (χ2n) is 6.84. The minimum Gasteiger partial charge on any atom is -0.493 e. The normalized spacial score (nSPS) is 14.5. The predicted octanol–water partition coefficient (Wildman–Crippen LogP) is 5.09. The number of methoxy groups -OCH3 is 1. The van der Waals surface area contributed by atoms with E-state index in [0.29, 0.717) is 26.5 Å². The fourth-order valence-electron chi connectivity index (χ4n) is 3.10. The number of carbonyl (C=O) groups excluding carboxylic acids is 2. The van der Waals surface area contributed by atoms with E-state index in [2.05, 4.69) is 0 Å². The Morgan fingerprint density at radius 2 is 1.70 bits per heavy atom. The van der Waals surface area contributed by atoms with Gasteiger partial charge in [-0.1, -0.05) is 66.4 Å². The molecule has 0 radical (unpaired) electrons. The molecule has 0 spiro atoms. The first-order chi connectivity index (χ1) is 16.0. The van der Waals surface area contributed by atoms with Crippen LogP contribution in [0, 0.1) is 0 Å². The average Bonchev–Trinajstić information content (AvgIpc) is 3.11. The van der Waals surface area contributed by atoms with Gasteiger partial charge in [-0.3, -0.25) is 9.69 Å². The van der Waals surface area contributed by atoms with Gasteiger partial charge in [-0.15, -0.1) is 0 Å². The van der Waals surface area contributed by atoms with Crippen molar-refractivity contribution in [3.63, 3.8) is 0 Å². The van der Waals surface area contributed by atoms with Gasteiger partial charge in [0.05, 0.1) is 17.7 Å². The molecule has 4 rings (SSSR count). The molecule has 0 saturated carbocycles. The first-order valence-corrected chi connectivity index (χ1v) is 11.2. The molecule has 0 atom stereocenters. The molecule has 1 heterocycles. The van der Waals surface area contributed by atoms with Crippen molar-refractivity contribution in [2.75, 3.05) is 18.6 Å². The third-order valence-electron chi connectivity index (χ3n) is 4.61. The van der Waals surface area contributed by atoms with Gasteiger partial charge in [0.1, 0.15) is 5.75 Å². The van der Waals surface area contributed by atoms with Crippen LogP contribution in [0.4, 0.5) is 5.69 Å². The Bertz CT molecular complexity index is 1210. The zero-order chi connectivity index (χ0) is 23.2. The van der Waals surface area contributed by atoms with Gasteiger partial charge in [0, 0.05) is 0 Å². The lowest BCUT2D eigenvalue weighted by Gasteiger charge is -2.13. The Hall–Kier alpha value is -3.62. The van der Waals surface area contributed by atoms with Crippen LogP contribution < -0.4 is 19.1 Å². The van der Waals surface area contributed by atoms with Crippen molar-refractivity contribution in [1.82, 2.24) is 0 Å². The van der Waals surface area contributed by atoms with Crippen molar-refractivity contribution >= 4 is 51.9 Å². The average molecular weight is 478 g/mol. The number of benzene rings is 3. The number of amides is 1. The summed E-state index contributed by atoms with van der Waals surface area (Å²) >= 11 is 6.65. The summed E-state index contributed by atoms with van der Waals surface area (Å²) in [5, 5.41) is 0.